The highest BCUT2D eigenvalue weighted by Gasteiger charge is 2.52. The van der Waals surface area contributed by atoms with Gasteiger partial charge in [-0.15, -0.1) is 0 Å². The Bertz CT molecular complexity index is 1140. The van der Waals surface area contributed by atoms with E-state index in [1.54, 1.807) is 21.3 Å². The fourth-order valence-electron chi connectivity index (χ4n) is 5.21. The Morgan fingerprint density at radius 2 is 1.68 bits per heavy atom. The van der Waals surface area contributed by atoms with Crippen molar-refractivity contribution in [1.29, 1.82) is 0 Å². The van der Waals surface area contributed by atoms with Crippen LogP contribution in [0.4, 0.5) is 0 Å². The van der Waals surface area contributed by atoms with Crippen LogP contribution in [0, 0.1) is 11.8 Å². The molecule has 0 saturated carbocycles. The smallest absolute Gasteiger partial charge is 0.310 e. The van der Waals surface area contributed by atoms with Crippen LogP contribution in [0.3, 0.4) is 0 Å². The van der Waals surface area contributed by atoms with Crippen LogP contribution < -0.4 is 14.2 Å². The SMILES string of the molecule is COc1cc([C@@H]2c3c(ccc4ccccc34)[C@H](O)[C@H]3COC(=O)[C@@H]23)cc(OC)c1OC. The van der Waals surface area contributed by atoms with Gasteiger partial charge in [-0.05, 0) is 39.6 Å². The van der Waals surface area contributed by atoms with Crippen molar-refractivity contribution in [1.82, 2.24) is 0 Å². The second-order valence-electron chi connectivity index (χ2n) is 7.99. The lowest BCUT2D eigenvalue weighted by molar-refractivity contribution is -0.141. The van der Waals surface area contributed by atoms with Gasteiger partial charge in [0.2, 0.25) is 5.75 Å². The summed E-state index contributed by atoms with van der Waals surface area (Å²) in [7, 11) is 4.70. The van der Waals surface area contributed by atoms with Crippen LogP contribution >= 0.6 is 0 Å². The fourth-order valence-corrected chi connectivity index (χ4v) is 5.21. The van der Waals surface area contributed by atoms with Crippen molar-refractivity contribution in [3.05, 3.63) is 65.2 Å². The Balaban J connectivity index is 1.83. The molecule has 0 bridgehead atoms. The Labute approximate surface area is 180 Å². The van der Waals surface area contributed by atoms with E-state index in [0.29, 0.717) is 17.2 Å². The monoisotopic (exact) mass is 420 g/mol. The summed E-state index contributed by atoms with van der Waals surface area (Å²) >= 11 is 0. The Morgan fingerprint density at radius 1 is 0.968 bits per heavy atom. The Morgan fingerprint density at radius 3 is 2.35 bits per heavy atom. The minimum absolute atomic E-state index is 0.206. The lowest BCUT2D eigenvalue weighted by atomic mass is 9.65. The van der Waals surface area contributed by atoms with Crippen LogP contribution in [0.25, 0.3) is 10.8 Å². The number of aliphatic hydroxyl groups is 1. The molecule has 1 fully saturated rings. The number of methoxy groups -OCH3 is 3. The predicted molar refractivity (Wildman–Crippen MR) is 115 cm³/mol. The molecule has 0 unspecified atom stereocenters. The zero-order chi connectivity index (χ0) is 21.7. The van der Waals surface area contributed by atoms with E-state index in [1.165, 1.54) is 0 Å². The molecule has 5 rings (SSSR count). The van der Waals surface area contributed by atoms with E-state index in [4.69, 9.17) is 18.9 Å². The second-order valence-corrected chi connectivity index (χ2v) is 7.99. The number of fused-ring (bicyclic) bond motifs is 4. The number of esters is 1. The number of rotatable bonds is 4. The summed E-state index contributed by atoms with van der Waals surface area (Å²) in [5.74, 6) is 0.106. The van der Waals surface area contributed by atoms with Gasteiger partial charge in [0.25, 0.3) is 0 Å². The summed E-state index contributed by atoms with van der Waals surface area (Å²) < 4.78 is 22.1. The molecule has 0 spiro atoms. The molecule has 1 aliphatic heterocycles. The number of carbonyl (C=O) groups is 1. The fraction of sp³-hybridized carbons (Fsp3) is 0.320. The number of hydrogen-bond acceptors (Lipinski definition) is 6. The van der Waals surface area contributed by atoms with E-state index in [2.05, 4.69) is 0 Å². The maximum atomic E-state index is 12.9. The zero-order valence-electron chi connectivity index (χ0n) is 17.6. The highest BCUT2D eigenvalue weighted by atomic mass is 16.5. The molecular formula is C25H24O6. The van der Waals surface area contributed by atoms with E-state index >= 15 is 0 Å². The molecule has 1 heterocycles. The normalized spacial score (nSPS) is 24.3. The topological polar surface area (TPSA) is 74.2 Å². The summed E-state index contributed by atoms with van der Waals surface area (Å²) in [6.45, 7) is 0.206. The van der Waals surface area contributed by atoms with Crippen LogP contribution in [-0.2, 0) is 9.53 Å². The molecule has 160 valence electrons. The first kappa shape index (κ1) is 19.7. The standard InChI is InChI=1S/C25H24O6/c1-28-18-10-14(11-19(29-2)24(18)30-3)20-21-15-7-5-4-6-13(15)8-9-16(21)23(26)17-12-31-25(27)22(17)20/h4-11,17,20,22-23,26H,12H2,1-3H3/t17-,20+,22+,23-/m0/s1. The highest BCUT2D eigenvalue weighted by molar-refractivity contribution is 5.90. The van der Waals surface area contributed by atoms with Crippen molar-refractivity contribution in [2.75, 3.05) is 27.9 Å². The molecule has 6 heteroatoms. The molecule has 2 aliphatic rings. The quantitative estimate of drug-likeness (QED) is 0.647. The Kier molecular flexibility index (Phi) is 4.74. The third kappa shape index (κ3) is 2.86. The maximum Gasteiger partial charge on any atom is 0.310 e. The van der Waals surface area contributed by atoms with Gasteiger partial charge in [-0.1, -0.05) is 36.4 Å². The van der Waals surface area contributed by atoms with Gasteiger partial charge in [0, 0.05) is 11.8 Å². The van der Waals surface area contributed by atoms with E-state index in [-0.39, 0.29) is 24.4 Å². The van der Waals surface area contributed by atoms with Crippen molar-refractivity contribution in [2.45, 2.75) is 12.0 Å². The van der Waals surface area contributed by atoms with Crippen LogP contribution in [-0.4, -0.2) is 39.0 Å². The number of benzene rings is 3. The molecular weight excluding hydrogens is 396 g/mol. The van der Waals surface area contributed by atoms with Crippen molar-refractivity contribution >= 4 is 16.7 Å². The number of cyclic esters (lactones) is 1. The lowest BCUT2D eigenvalue weighted by Gasteiger charge is -2.37. The van der Waals surface area contributed by atoms with Gasteiger partial charge in [0.15, 0.2) is 11.5 Å². The van der Waals surface area contributed by atoms with Gasteiger partial charge in [-0.2, -0.15) is 0 Å². The molecule has 31 heavy (non-hydrogen) atoms. The number of aliphatic hydroxyl groups excluding tert-OH is 1. The van der Waals surface area contributed by atoms with E-state index in [1.807, 2.05) is 48.5 Å². The van der Waals surface area contributed by atoms with Crippen LogP contribution in [0.1, 0.15) is 28.7 Å². The Hall–Kier alpha value is -3.25. The van der Waals surface area contributed by atoms with Gasteiger partial charge in [-0.3, -0.25) is 4.79 Å². The summed E-state index contributed by atoms with van der Waals surface area (Å²) in [5.41, 5.74) is 2.63. The zero-order valence-corrected chi connectivity index (χ0v) is 17.6. The third-order valence-electron chi connectivity index (χ3n) is 6.60. The van der Waals surface area contributed by atoms with E-state index in [9.17, 15) is 9.90 Å². The highest BCUT2D eigenvalue weighted by Crippen LogP contribution is 2.54. The van der Waals surface area contributed by atoms with E-state index in [0.717, 1.165) is 27.5 Å². The molecule has 6 nitrogen and oxygen atoms in total. The van der Waals surface area contributed by atoms with Crippen molar-refractivity contribution in [2.24, 2.45) is 11.8 Å². The molecule has 0 amide bonds. The van der Waals surface area contributed by atoms with E-state index < -0.39 is 12.0 Å². The average Bonchev–Trinajstić information content (AvgIpc) is 3.19. The van der Waals surface area contributed by atoms with Crippen molar-refractivity contribution in [3.8, 4) is 17.2 Å². The van der Waals surface area contributed by atoms with Crippen LogP contribution in [0.15, 0.2) is 48.5 Å². The van der Waals surface area contributed by atoms with Gasteiger partial charge >= 0.3 is 5.97 Å². The average molecular weight is 420 g/mol. The molecule has 1 aliphatic carbocycles. The number of hydrogen-bond donors (Lipinski definition) is 1. The summed E-state index contributed by atoms with van der Waals surface area (Å²) in [5, 5.41) is 13.2. The third-order valence-corrected chi connectivity index (χ3v) is 6.60. The minimum atomic E-state index is -0.769. The molecule has 1 saturated heterocycles. The summed E-state index contributed by atoms with van der Waals surface area (Å²) in [6.07, 6.45) is -0.769. The largest absolute Gasteiger partial charge is 0.493 e. The number of carbonyl (C=O) groups excluding carboxylic acids is 1. The van der Waals surface area contributed by atoms with Gasteiger partial charge in [0.05, 0.1) is 40.0 Å². The molecule has 4 atom stereocenters. The van der Waals surface area contributed by atoms with Gasteiger partial charge in [0.1, 0.15) is 0 Å². The van der Waals surface area contributed by atoms with Gasteiger partial charge in [-0.25, -0.2) is 0 Å². The first-order valence-corrected chi connectivity index (χ1v) is 10.2. The maximum absolute atomic E-state index is 12.9. The second kappa shape index (κ2) is 7.46. The summed E-state index contributed by atoms with van der Waals surface area (Å²) in [6, 6.07) is 15.8. The molecule has 1 N–H and O–H groups in total. The summed E-state index contributed by atoms with van der Waals surface area (Å²) in [4.78, 5) is 12.9. The lowest BCUT2D eigenvalue weighted by Crippen LogP contribution is -2.34. The predicted octanol–water partition coefficient (Wildman–Crippen LogP) is 3.83. The molecule has 0 radical (unpaired) electrons. The first-order chi connectivity index (χ1) is 15.1. The van der Waals surface area contributed by atoms with Crippen molar-refractivity contribution < 1.29 is 28.8 Å². The van der Waals surface area contributed by atoms with Crippen LogP contribution in [0.2, 0.25) is 0 Å². The molecule has 0 aromatic heterocycles. The first-order valence-electron chi connectivity index (χ1n) is 10.2. The van der Waals surface area contributed by atoms with Gasteiger partial charge < -0.3 is 24.1 Å². The van der Waals surface area contributed by atoms with Crippen molar-refractivity contribution in [3.63, 3.8) is 0 Å². The molecule has 3 aromatic carbocycles. The minimum Gasteiger partial charge on any atom is -0.493 e. The van der Waals surface area contributed by atoms with Crippen LogP contribution in [0.5, 0.6) is 17.2 Å². The number of ether oxygens (including phenoxy) is 4. The molecule has 3 aromatic rings.